The largest absolute Gasteiger partial charge is 0.368 e. The summed E-state index contributed by atoms with van der Waals surface area (Å²) >= 11 is 7.47. The highest BCUT2D eigenvalue weighted by Crippen LogP contribution is 2.31. The summed E-state index contributed by atoms with van der Waals surface area (Å²) in [6, 6.07) is 6.25. The van der Waals surface area contributed by atoms with Crippen LogP contribution in [-0.2, 0) is 0 Å². The van der Waals surface area contributed by atoms with E-state index in [0.29, 0.717) is 23.0 Å². The monoisotopic (exact) mass is 353 g/mol. The average molecular weight is 354 g/mol. The van der Waals surface area contributed by atoms with Crippen molar-refractivity contribution in [2.24, 2.45) is 5.73 Å². The summed E-state index contributed by atoms with van der Waals surface area (Å²) in [5.41, 5.74) is 12.7. The minimum absolute atomic E-state index is 0.154. The van der Waals surface area contributed by atoms with Gasteiger partial charge in [0.1, 0.15) is 5.82 Å². The number of aromatic nitrogens is 3. The highest BCUT2D eigenvalue weighted by Gasteiger charge is 2.11. The highest BCUT2D eigenvalue weighted by molar-refractivity contribution is 7.10. The molecule has 0 bridgehead atoms. The van der Waals surface area contributed by atoms with Gasteiger partial charge in [-0.25, -0.2) is 14.4 Å². The molecule has 5 nitrogen and oxygen atoms in total. The van der Waals surface area contributed by atoms with E-state index < -0.39 is 5.82 Å². The van der Waals surface area contributed by atoms with E-state index in [0.717, 1.165) is 4.88 Å². The number of nitrogens with one attached hydrogen (secondary N) is 1. The van der Waals surface area contributed by atoms with Crippen LogP contribution in [0.2, 0.25) is 5.02 Å². The van der Waals surface area contributed by atoms with Crippen molar-refractivity contribution in [3.63, 3.8) is 0 Å². The number of hydrogen-bond acceptors (Lipinski definition) is 5. The smallest absolute Gasteiger partial charge is 0.221 e. The van der Waals surface area contributed by atoms with Crippen molar-refractivity contribution in [2.75, 3.05) is 5.73 Å². The van der Waals surface area contributed by atoms with Crippen LogP contribution in [0.3, 0.4) is 0 Å². The summed E-state index contributed by atoms with van der Waals surface area (Å²) < 4.78 is 16.0. The number of hydrogen-bond donors (Lipinski definition) is 3. The molecule has 0 amide bonds. The second kappa shape index (κ2) is 7.54. The number of nitrogen functional groups attached to an aromatic ring is 1. The minimum Gasteiger partial charge on any atom is -0.368 e. The number of rotatable bonds is 2. The van der Waals surface area contributed by atoms with E-state index in [1.54, 1.807) is 12.1 Å². The Hall–Kier alpha value is -1.96. The SMILES string of the molecule is CC(C)N.Nc1nc(-c2c[nH]s2)cc(-c2ccc(F)cc2Cl)n1. The van der Waals surface area contributed by atoms with Crippen LogP contribution < -0.4 is 11.5 Å². The molecule has 0 atom stereocenters. The summed E-state index contributed by atoms with van der Waals surface area (Å²) in [5.74, 6) is -0.237. The maximum Gasteiger partial charge on any atom is 0.221 e. The van der Waals surface area contributed by atoms with Crippen molar-refractivity contribution in [1.29, 1.82) is 0 Å². The molecule has 0 fully saturated rings. The van der Waals surface area contributed by atoms with Gasteiger partial charge in [-0.2, -0.15) is 0 Å². The number of benzene rings is 1. The first kappa shape index (κ1) is 17.4. The van der Waals surface area contributed by atoms with Crippen molar-refractivity contribution >= 4 is 29.1 Å². The number of aromatic amines is 1. The number of anilines is 1. The molecule has 0 aliphatic carbocycles. The van der Waals surface area contributed by atoms with Crippen molar-refractivity contribution in [3.05, 3.63) is 41.3 Å². The molecule has 23 heavy (non-hydrogen) atoms. The molecule has 0 saturated heterocycles. The Kier molecular flexibility index (Phi) is 5.70. The molecular formula is C15H17ClFN5S. The van der Waals surface area contributed by atoms with Crippen LogP contribution in [0.1, 0.15) is 13.8 Å². The lowest BCUT2D eigenvalue weighted by Gasteiger charge is -2.08. The first-order valence-electron chi connectivity index (χ1n) is 6.85. The molecule has 0 saturated carbocycles. The number of H-pyrrole nitrogens is 1. The zero-order chi connectivity index (χ0) is 17.0. The van der Waals surface area contributed by atoms with E-state index in [1.165, 1.54) is 23.7 Å². The molecule has 3 rings (SSSR count). The van der Waals surface area contributed by atoms with Gasteiger partial charge in [0.15, 0.2) is 0 Å². The molecule has 3 aromatic rings. The third kappa shape index (κ3) is 4.75. The quantitative estimate of drug-likeness (QED) is 0.650. The van der Waals surface area contributed by atoms with Crippen LogP contribution >= 0.6 is 23.1 Å². The molecular weight excluding hydrogens is 337 g/mol. The normalized spacial score (nSPS) is 10.5. The van der Waals surface area contributed by atoms with Gasteiger partial charge in [-0.3, -0.25) is 0 Å². The van der Waals surface area contributed by atoms with E-state index in [9.17, 15) is 4.39 Å². The van der Waals surface area contributed by atoms with E-state index in [4.69, 9.17) is 23.1 Å². The van der Waals surface area contributed by atoms with Gasteiger partial charge in [0.2, 0.25) is 5.95 Å². The van der Waals surface area contributed by atoms with Crippen molar-refractivity contribution in [1.82, 2.24) is 14.3 Å². The lowest BCUT2D eigenvalue weighted by atomic mass is 10.1. The molecule has 2 aromatic heterocycles. The lowest BCUT2D eigenvalue weighted by molar-refractivity contribution is 0.628. The van der Waals surface area contributed by atoms with Crippen LogP contribution in [0.5, 0.6) is 0 Å². The molecule has 0 radical (unpaired) electrons. The van der Waals surface area contributed by atoms with E-state index in [1.807, 2.05) is 20.0 Å². The second-order valence-corrected chi connectivity index (χ2v) is 6.38. The molecule has 0 spiro atoms. The average Bonchev–Trinajstić information content (AvgIpc) is 2.34. The van der Waals surface area contributed by atoms with Gasteiger partial charge in [-0.1, -0.05) is 37.0 Å². The zero-order valence-corrected chi connectivity index (χ0v) is 14.2. The maximum absolute atomic E-state index is 13.1. The first-order chi connectivity index (χ1) is 10.9. The molecule has 1 aromatic carbocycles. The Morgan fingerprint density at radius 2 is 1.83 bits per heavy atom. The second-order valence-electron chi connectivity index (χ2n) is 5.09. The van der Waals surface area contributed by atoms with Crippen molar-refractivity contribution in [2.45, 2.75) is 19.9 Å². The predicted octanol–water partition coefficient (Wildman–Crippen LogP) is 3.93. The number of nitrogens with zero attached hydrogens (tertiary/aromatic N) is 2. The van der Waals surface area contributed by atoms with Crippen LogP contribution in [-0.4, -0.2) is 20.4 Å². The maximum atomic E-state index is 13.1. The van der Waals surface area contributed by atoms with Crippen LogP contribution in [0.15, 0.2) is 30.5 Å². The van der Waals surface area contributed by atoms with Gasteiger partial charge >= 0.3 is 0 Å². The van der Waals surface area contributed by atoms with Gasteiger partial charge in [-0.05, 0) is 30.3 Å². The van der Waals surface area contributed by atoms with Crippen LogP contribution in [0.25, 0.3) is 21.8 Å². The zero-order valence-electron chi connectivity index (χ0n) is 12.7. The van der Waals surface area contributed by atoms with Gasteiger partial charge < -0.3 is 15.8 Å². The van der Waals surface area contributed by atoms with Crippen molar-refractivity contribution < 1.29 is 4.39 Å². The highest BCUT2D eigenvalue weighted by atomic mass is 35.5. The van der Waals surface area contributed by atoms with Gasteiger partial charge in [0.05, 0.1) is 21.3 Å². The Morgan fingerprint density at radius 1 is 1.22 bits per heavy atom. The lowest BCUT2D eigenvalue weighted by Crippen LogP contribution is -2.06. The van der Waals surface area contributed by atoms with Gasteiger partial charge in [0.25, 0.3) is 0 Å². The first-order valence-corrected chi connectivity index (χ1v) is 8.04. The third-order valence-electron chi connectivity index (χ3n) is 2.56. The summed E-state index contributed by atoms with van der Waals surface area (Å²) in [7, 11) is 0. The molecule has 2 heterocycles. The van der Waals surface area contributed by atoms with E-state index in [-0.39, 0.29) is 11.0 Å². The van der Waals surface area contributed by atoms with Crippen molar-refractivity contribution in [3.8, 4) is 21.8 Å². The molecule has 0 unspecified atom stereocenters. The molecule has 8 heteroatoms. The molecule has 5 N–H and O–H groups in total. The topological polar surface area (TPSA) is 93.6 Å². The summed E-state index contributed by atoms with van der Waals surface area (Å²) in [6.07, 6.45) is 1.82. The van der Waals surface area contributed by atoms with Crippen LogP contribution in [0, 0.1) is 5.82 Å². The minimum atomic E-state index is -0.391. The van der Waals surface area contributed by atoms with E-state index >= 15 is 0 Å². The standard InChI is InChI=1S/C12H8ClFN4S.C3H9N/c13-8-3-6(14)1-2-7(8)9-4-10(11-5-16-19-11)18-12(15)17-9;1-3(2)4/h1-5,16H,(H2,15,17,18);3H,4H2,1-2H3. The van der Waals surface area contributed by atoms with Crippen LogP contribution in [0.4, 0.5) is 10.3 Å². The number of halogens is 2. The molecule has 0 aliphatic heterocycles. The Balaban J connectivity index is 0.000000433. The Bertz CT molecular complexity index is 772. The van der Waals surface area contributed by atoms with Gasteiger partial charge in [0, 0.05) is 11.8 Å². The Labute approximate surface area is 142 Å². The fraction of sp³-hybridized carbons (Fsp3) is 0.200. The van der Waals surface area contributed by atoms with Gasteiger partial charge in [-0.15, -0.1) is 0 Å². The molecule has 0 aliphatic rings. The summed E-state index contributed by atoms with van der Waals surface area (Å²) in [6.45, 7) is 3.89. The predicted molar refractivity (Wildman–Crippen MR) is 93.8 cm³/mol. The Morgan fingerprint density at radius 3 is 2.35 bits per heavy atom. The molecule has 122 valence electrons. The van der Waals surface area contributed by atoms with E-state index in [2.05, 4.69) is 14.3 Å². The fourth-order valence-electron chi connectivity index (χ4n) is 1.67. The summed E-state index contributed by atoms with van der Waals surface area (Å²) in [5, 5.41) is 0.289. The summed E-state index contributed by atoms with van der Waals surface area (Å²) in [4.78, 5) is 9.25. The number of nitrogens with two attached hydrogens (primary N) is 2. The third-order valence-corrected chi connectivity index (χ3v) is 3.66. The fourth-order valence-corrected chi connectivity index (χ4v) is 2.38.